The van der Waals surface area contributed by atoms with Gasteiger partial charge in [-0.2, -0.15) is 0 Å². The van der Waals surface area contributed by atoms with Crippen LogP contribution in [0.25, 0.3) is 0 Å². The fourth-order valence-corrected chi connectivity index (χ4v) is 5.52. The quantitative estimate of drug-likeness (QED) is 0.921. The number of nitrogens with one attached hydrogen (secondary N) is 1. The lowest BCUT2D eigenvalue weighted by molar-refractivity contribution is 0.400. The molecule has 0 radical (unpaired) electrons. The third kappa shape index (κ3) is 2.86. The van der Waals surface area contributed by atoms with Crippen molar-refractivity contribution < 1.29 is 8.42 Å². The minimum Gasteiger partial charge on any atom is -0.309 e. The molecule has 1 aromatic rings. The standard InChI is InChI=1S/C13H20N2O2S2/c16-19(17)10-2-7-15(19)8-6-14-12-3-1-4-13-11(12)5-9-18-13/h5,9,12,14H,1-4,6-8,10H2. The summed E-state index contributed by atoms with van der Waals surface area (Å²) in [4.78, 5) is 1.50. The van der Waals surface area contributed by atoms with Crippen molar-refractivity contribution in [3.05, 3.63) is 21.9 Å². The van der Waals surface area contributed by atoms with Gasteiger partial charge >= 0.3 is 0 Å². The van der Waals surface area contributed by atoms with Gasteiger partial charge in [-0.3, -0.25) is 0 Å². The van der Waals surface area contributed by atoms with Crippen LogP contribution in [0.3, 0.4) is 0 Å². The summed E-state index contributed by atoms with van der Waals surface area (Å²) < 4.78 is 25.0. The molecule has 1 unspecified atom stereocenters. The third-order valence-electron chi connectivity index (χ3n) is 4.01. The van der Waals surface area contributed by atoms with Crippen LogP contribution >= 0.6 is 11.3 Å². The first kappa shape index (κ1) is 13.5. The molecular formula is C13H20N2O2S2. The van der Waals surface area contributed by atoms with Crippen LogP contribution < -0.4 is 5.32 Å². The van der Waals surface area contributed by atoms with E-state index in [1.165, 1.54) is 23.3 Å². The van der Waals surface area contributed by atoms with Gasteiger partial charge in [-0.1, -0.05) is 0 Å². The molecule has 2 aliphatic rings. The Morgan fingerprint density at radius 3 is 3.11 bits per heavy atom. The number of hydrogen-bond donors (Lipinski definition) is 1. The summed E-state index contributed by atoms with van der Waals surface area (Å²) in [6, 6.07) is 2.63. The average Bonchev–Trinajstić information content (AvgIpc) is 2.96. The highest BCUT2D eigenvalue weighted by Gasteiger charge is 2.28. The minimum atomic E-state index is -2.94. The third-order valence-corrected chi connectivity index (χ3v) is 6.96. The summed E-state index contributed by atoms with van der Waals surface area (Å²) in [5.74, 6) is 0.325. The zero-order valence-corrected chi connectivity index (χ0v) is 12.6. The van der Waals surface area contributed by atoms with Gasteiger partial charge in [0.05, 0.1) is 5.75 Å². The van der Waals surface area contributed by atoms with Crippen LogP contribution in [0.15, 0.2) is 11.4 Å². The lowest BCUT2D eigenvalue weighted by Gasteiger charge is -2.25. The zero-order chi connectivity index (χ0) is 13.3. The molecule has 19 heavy (non-hydrogen) atoms. The zero-order valence-electron chi connectivity index (χ0n) is 11.0. The second-order valence-corrected chi connectivity index (χ2v) is 8.36. The molecule has 3 rings (SSSR count). The number of nitrogens with zero attached hydrogens (tertiary/aromatic N) is 1. The summed E-state index contributed by atoms with van der Waals surface area (Å²) in [5, 5.41) is 5.69. The molecule has 2 heterocycles. The van der Waals surface area contributed by atoms with E-state index in [-0.39, 0.29) is 0 Å². The molecule has 6 heteroatoms. The van der Waals surface area contributed by atoms with Crippen molar-refractivity contribution in [2.45, 2.75) is 31.7 Å². The summed E-state index contributed by atoms with van der Waals surface area (Å²) in [5.41, 5.74) is 1.43. The molecule has 4 nitrogen and oxygen atoms in total. The van der Waals surface area contributed by atoms with Gasteiger partial charge in [0.1, 0.15) is 0 Å². The predicted octanol–water partition coefficient (Wildman–Crippen LogP) is 1.75. The lowest BCUT2D eigenvalue weighted by Crippen LogP contribution is -2.35. The molecule has 1 N–H and O–H groups in total. The Kier molecular flexibility index (Phi) is 3.93. The van der Waals surface area contributed by atoms with Crippen LogP contribution in [0.1, 0.15) is 35.7 Å². The van der Waals surface area contributed by atoms with Crippen LogP contribution in [0.4, 0.5) is 0 Å². The van der Waals surface area contributed by atoms with Gasteiger partial charge in [0.25, 0.3) is 0 Å². The Hall–Kier alpha value is -0.430. The molecule has 1 atom stereocenters. The Labute approximate surface area is 118 Å². The Morgan fingerprint density at radius 1 is 1.42 bits per heavy atom. The molecule has 1 aromatic heterocycles. The maximum absolute atomic E-state index is 11.7. The number of thiophene rings is 1. The van der Waals surface area contributed by atoms with Crippen molar-refractivity contribution in [1.29, 1.82) is 0 Å². The minimum absolute atomic E-state index is 0.325. The van der Waals surface area contributed by atoms with Gasteiger partial charge in [-0.15, -0.1) is 11.3 Å². The van der Waals surface area contributed by atoms with Crippen molar-refractivity contribution in [1.82, 2.24) is 9.62 Å². The highest BCUT2D eigenvalue weighted by atomic mass is 32.2. The van der Waals surface area contributed by atoms with Crippen LogP contribution in [0.5, 0.6) is 0 Å². The topological polar surface area (TPSA) is 49.4 Å². The first-order valence-electron chi connectivity index (χ1n) is 6.94. The first-order chi connectivity index (χ1) is 9.17. The molecule has 1 fully saturated rings. The van der Waals surface area contributed by atoms with E-state index in [2.05, 4.69) is 16.8 Å². The second-order valence-electron chi connectivity index (χ2n) is 5.27. The molecule has 106 valence electrons. The summed E-state index contributed by atoms with van der Waals surface area (Å²) >= 11 is 1.84. The molecule has 0 aromatic carbocycles. The van der Waals surface area contributed by atoms with Crippen LogP contribution in [-0.4, -0.2) is 38.1 Å². The van der Waals surface area contributed by atoms with E-state index < -0.39 is 10.0 Å². The van der Waals surface area contributed by atoms with Crippen LogP contribution in [0, 0.1) is 0 Å². The number of aryl methyl sites for hydroxylation is 1. The lowest BCUT2D eigenvalue weighted by atomic mass is 9.94. The molecule has 0 spiro atoms. The number of fused-ring (bicyclic) bond motifs is 1. The van der Waals surface area contributed by atoms with E-state index in [1.54, 1.807) is 4.31 Å². The fourth-order valence-electron chi connectivity index (χ4n) is 3.00. The summed E-state index contributed by atoms with van der Waals surface area (Å²) in [7, 11) is -2.94. The van der Waals surface area contributed by atoms with E-state index in [0.717, 1.165) is 19.4 Å². The highest BCUT2D eigenvalue weighted by Crippen LogP contribution is 2.33. The van der Waals surface area contributed by atoms with Crippen molar-refractivity contribution in [3.63, 3.8) is 0 Å². The molecule has 1 saturated heterocycles. The van der Waals surface area contributed by atoms with Crippen LogP contribution in [0.2, 0.25) is 0 Å². The maximum atomic E-state index is 11.7. The van der Waals surface area contributed by atoms with Gasteiger partial charge in [-0.25, -0.2) is 12.7 Å². The van der Waals surface area contributed by atoms with Gasteiger partial charge in [-0.05, 0) is 42.7 Å². The van der Waals surface area contributed by atoms with E-state index in [9.17, 15) is 8.42 Å². The van der Waals surface area contributed by atoms with Gasteiger partial charge in [0.2, 0.25) is 10.0 Å². The molecule has 1 aliphatic carbocycles. The number of sulfonamides is 1. The average molecular weight is 300 g/mol. The fraction of sp³-hybridized carbons (Fsp3) is 0.692. The monoisotopic (exact) mass is 300 g/mol. The molecular weight excluding hydrogens is 280 g/mol. The normalized spacial score (nSPS) is 26.4. The number of hydrogen-bond acceptors (Lipinski definition) is 4. The number of rotatable bonds is 4. The van der Waals surface area contributed by atoms with Crippen LogP contribution in [-0.2, 0) is 16.4 Å². The summed E-state index contributed by atoms with van der Waals surface area (Å²) in [6.45, 7) is 2.05. The van der Waals surface area contributed by atoms with E-state index >= 15 is 0 Å². The van der Waals surface area contributed by atoms with Gasteiger partial charge in [0, 0.05) is 30.6 Å². The highest BCUT2D eigenvalue weighted by molar-refractivity contribution is 7.89. The van der Waals surface area contributed by atoms with Crippen molar-refractivity contribution in [2.75, 3.05) is 25.4 Å². The van der Waals surface area contributed by atoms with E-state index in [1.807, 2.05) is 11.3 Å². The molecule has 0 bridgehead atoms. The SMILES string of the molecule is O=S1(=O)CCCN1CCNC1CCCc2sccc21. The van der Waals surface area contributed by atoms with Gasteiger partial charge in [0.15, 0.2) is 0 Å². The van der Waals surface area contributed by atoms with E-state index in [0.29, 0.717) is 24.9 Å². The van der Waals surface area contributed by atoms with Crippen molar-refractivity contribution >= 4 is 21.4 Å². The maximum Gasteiger partial charge on any atom is 0.214 e. The Bertz CT molecular complexity index is 539. The van der Waals surface area contributed by atoms with Gasteiger partial charge < -0.3 is 5.32 Å². The molecule has 0 saturated carbocycles. The smallest absolute Gasteiger partial charge is 0.214 e. The molecule has 0 amide bonds. The predicted molar refractivity (Wildman–Crippen MR) is 78.0 cm³/mol. The Balaban J connectivity index is 1.54. The van der Waals surface area contributed by atoms with Crippen molar-refractivity contribution in [2.24, 2.45) is 0 Å². The van der Waals surface area contributed by atoms with Crippen molar-refractivity contribution in [3.8, 4) is 0 Å². The largest absolute Gasteiger partial charge is 0.309 e. The molecule has 1 aliphatic heterocycles. The summed E-state index contributed by atoms with van der Waals surface area (Å²) in [6.07, 6.45) is 4.37. The van der Waals surface area contributed by atoms with E-state index in [4.69, 9.17) is 0 Å². The second kappa shape index (κ2) is 5.52. The first-order valence-corrected chi connectivity index (χ1v) is 9.43. The Morgan fingerprint density at radius 2 is 2.32 bits per heavy atom.